The van der Waals surface area contributed by atoms with Gasteiger partial charge in [-0.05, 0) is 24.0 Å². The number of hydrogen-bond donors (Lipinski definition) is 4. The van der Waals surface area contributed by atoms with Crippen molar-refractivity contribution in [3.63, 3.8) is 0 Å². The Kier molecular flexibility index (Phi) is 6.50. The summed E-state index contributed by atoms with van der Waals surface area (Å²) in [4.78, 5) is 0. The van der Waals surface area contributed by atoms with Gasteiger partial charge < -0.3 is 21.1 Å². The molecule has 1 aromatic carbocycles. The van der Waals surface area contributed by atoms with Crippen LogP contribution in [0.5, 0.6) is 0 Å². The average Bonchev–Trinajstić information content (AvgIpc) is 2.99. The largest absolute Gasteiger partial charge is 0.377 e. The number of hydrogen-bond acceptors (Lipinski definition) is 3. The van der Waals surface area contributed by atoms with Gasteiger partial charge in [0.15, 0.2) is 5.96 Å². The van der Waals surface area contributed by atoms with E-state index in [1.807, 2.05) is 0 Å². The Morgan fingerprint density at radius 2 is 1.76 bits per heavy atom. The molecule has 1 aromatic rings. The molecule has 0 radical (unpaired) electrons. The molecule has 0 aliphatic heterocycles. The third-order valence-corrected chi connectivity index (χ3v) is 3.77. The van der Waals surface area contributed by atoms with Gasteiger partial charge in [-0.3, -0.25) is 5.41 Å². The second-order valence-electron chi connectivity index (χ2n) is 5.54. The molecule has 5 heteroatoms. The molecule has 0 amide bonds. The van der Waals surface area contributed by atoms with Gasteiger partial charge in [0, 0.05) is 19.6 Å². The third-order valence-electron chi connectivity index (χ3n) is 3.77. The van der Waals surface area contributed by atoms with Gasteiger partial charge >= 0.3 is 0 Å². The minimum atomic E-state index is 0.00278. The molecule has 1 aliphatic carbocycles. The van der Waals surface area contributed by atoms with Crippen molar-refractivity contribution in [1.29, 1.82) is 5.41 Å². The Morgan fingerprint density at radius 3 is 2.38 bits per heavy atom. The first kappa shape index (κ1) is 15.8. The topological polar surface area (TPSA) is 83.2 Å². The molecule has 0 heterocycles. The van der Waals surface area contributed by atoms with E-state index in [1.54, 1.807) is 0 Å². The van der Waals surface area contributed by atoms with Crippen molar-refractivity contribution in [2.75, 3.05) is 13.2 Å². The smallest absolute Gasteiger partial charge is 0.185 e. The van der Waals surface area contributed by atoms with Gasteiger partial charge in [-0.15, -0.1) is 0 Å². The monoisotopic (exact) mass is 290 g/mol. The summed E-state index contributed by atoms with van der Waals surface area (Å²) < 4.78 is 5.81. The van der Waals surface area contributed by atoms with Gasteiger partial charge in [-0.25, -0.2) is 0 Å². The number of guanidine groups is 1. The number of ether oxygens (including phenoxy) is 1. The van der Waals surface area contributed by atoms with Crippen LogP contribution in [0.3, 0.4) is 0 Å². The van der Waals surface area contributed by atoms with Crippen LogP contribution >= 0.6 is 0 Å². The third kappa shape index (κ3) is 6.14. The summed E-state index contributed by atoms with van der Waals surface area (Å²) in [6.45, 7) is 3.14. The van der Waals surface area contributed by atoms with Crippen LogP contribution in [0.4, 0.5) is 0 Å². The molecule has 21 heavy (non-hydrogen) atoms. The molecular formula is C16H26N4O. The Bertz CT molecular complexity index is 426. The predicted octanol–water partition coefficient (Wildman–Crippen LogP) is 1.72. The summed E-state index contributed by atoms with van der Waals surface area (Å²) in [6.07, 6.45) is 5.61. The quantitative estimate of drug-likeness (QED) is 0.334. The number of nitrogens with two attached hydrogens (primary N) is 1. The molecule has 5 nitrogen and oxygen atoms in total. The molecule has 2 rings (SSSR count). The molecule has 1 saturated carbocycles. The van der Waals surface area contributed by atoms with E-state index in [4.69, 9.17) is 15.9 Å². The zero-order valence-corrected chi connectivity index (χ0v) is 12.5. The first-order valence-electron chi connectivity index (χ1n) is 7.72. The molecule has 0 bridgehead atoms. The zero-order chi connectivity index (χ0) is 14.9. The lowest BCUT2D eigenvalue weighted by molar-refractivity contribution is 0.0603. The molecular weight excluding hydrogens is 264 g/mol. The Hall–Kier alpha value is -1.59. The van der Waals surface area contributed by atoms with Crippen molar-refractivity contribution in [3.8, 4) is 0 Å². The van der Waals surface area contributed by atoms with Crippen LogP contribution < -0.4 is 16.4 Å². The first-order valence-corrected chi connectivity index (χ1v) is 7.72. The van der Waals surface area contributed by atoms with Crippen molar-refractivity contribution in [1.82, 2.24) is 10.6 Å². The van der Waals surface area contributed by atoms with E-state index in [2.05, 4.69) is 34.9 Å². The van der Waals surface area contributed by atoms with Gasteiger partial charge in [0.25, 0.3) is 0 Å². The van der Waals surface area contributed by atoms with E-state index in [0.717, 1.165) is 25.3 Å². The number of benzene rings is 1. The zero-order valence-electron chi connectivity index (χ0n) is 12.5. The summed E-state index contributed by atoms with van der Waals surface area (Å²) in [7, 11) is 0. The maximum atomic E-state index is 7.12. The fraction of sp³-hybridized carbons (Fsp3) is 0.562. The van der Waals surface area contributed by atoms with Crippen LogP contribution in [0.25, 0.3) is 0 Å². The van der Waals surface area contributed by atoms with Crippen LogP contribution in [-0.2, 0) is 17.8 Å². The maximum Gasteiger partial charge on any atom is 0.185 e. The normalized spacial score (nSPS) is 15.2. The highest BCUT2D eigenvalue weighted by molar-refractivity contribution is 5.74. The second-order valence-corrected chi connectivity index (χ2v) is 5.54. The lowest BCUT2D eigenvalue weighted by Gasteiger charge is -2.11. The van der Waals surface area contributed by atoms with Crippen LogP contribution in [0.1, 0.15) is 36.8 Å². The van der Waals surface area contributed by atoms with Crippen molar-refractivity contribution in [3.05, 3.63) is 35.4 Å². The number of rotatable bonds is 8. The molecule has 0 spiro atoms. The van der Waals surface area contributed by atoms with Gasteiger partial charge in [-0.1, -0.05) is 37.1 Å². The summed E-state index contributed by atoms with van der Waals surface area (Å²) in [5, 5.41) is 13.3. The average molecular weight is 290 g/mol. The fourth-order valence-electron chi connectivity index (χ4n) is 2.56. The SMILES string of the molecule is N=C(N)NCc1ccc(CNCCOC2CCCC2)cc1. The van der Waals surface area contributed by atoms with Crippen LogP contribution in [0.15, 0.2) is 24.3 Å². The first-order chi connectivity index (χ1) is 10.2. The minimum Gasteiger partial charge on any atom is -0.377 e. The fourth-order valence-corrected chi connectivity index (χ4v) is 2.56. The minimum absolute atomic E-state index is 0.00278. The molecule has 0 atom stereocenters. The Balaban J connectivity index is 1.58. The van der Waals surface area contributed by atoms with Crippen LogP contribution in [-0.4, -0.2) is 25.2 Å². The highest BCUT2D eigenvalue weighted by atomic mass is 16.5. The second kappa shape index (κ2) is 8.64. The van der Waals surface area contributed by atoms with Crippen molar-refractivity contribution < 1.29 is 4.74 Å². The standard InChI is InChI=1S/C16H26N4O/c17-16(18)20-12-14-7-5-13(6-8-14)11-19-9-10-21-15-3-1-2-4-15/h5-8,15,19H,1-4,9-12H2,(H4,17,18,20). The molecule has 5 N–H and O–H groups in total. The van der Waals surface area contributed by atoms with Crippen LogP contribution in [0, 0.1) is 5.41 Å². The summed E-state index contributed by atoms with van der Waals surface area (Å²) in [5.41, 5.74) is 7.64. The highest BCUT2D eigenvalue weighted by Gasteiger charge is 2.14. The van der Waals surface area contributed by atoms with Gasteiger partial charge in [0.2, 0.25) is 0 Å². The molecule has 1 aliphatic rings. The Labute approximate surface area is 126 Å². The van der Waals surface area contributed by atoms with Gasteiger partial charge in [-0.2, -0.15) is 0 Å². The predicted molar refractivity (Wildman–Crippen MR) is 85.1 cm³/mol. The molecule has 116 valence electrons. The summed E-state index contributed by atoms with van der Waals surface area (Å²) >= 11 is 0. The van der Waals surface area contributed by atoms with Gasteiger partial charge in [0.1, 0.15) is 0 Å². The summed E-state index contributed by atoms with van der Waals surface area (Å²) in [5.74, 6) is 0.00278. The van der Waals surface area contributed by atoms with E-state index in [0.29, 0.717) is 12.6 Å². The van der Waals surface area contributed by atoms with Crippen molar-refractivity contribution in [2.45, 2.75) is 44.9 Å². The molecule has 0 aromatic heterocycles. The Morgan fingerprint density at radius 1 is 1.14 bits per heavy atom. The van der Waals surface area contributed by atoms with Crippen molar-refractivity contribution >= 4 is 5.96 Å². The van der Waals surface area contributed by atoms with E-state index in [9.17, 15) is 0 Å². The molecule has 1 fully saturated rings. The molecule has 0 saturated heterocycles. The number of nitrogens with one attached hydrogen (secondary N) is 3. The highest BCUT2D eigenvalue weighted by Crippen LogP contribution is 2.20. The van der Waals surface area contributed by atoms with Crippen molar-refractivity contribution in [2.24, 2.45) is 5.73 Å². The van der Waals surface area contributed by atoms with Crippen LogP contribution in [0.2, 0.25) is 0 Å². The lowest BCUT2D eigenvalue weighted by atomic mass is 10.1. The van der Waals surface area contributed by atoms with E-state index >= 15 is 0 Å². The van der Waals surface area contributed by atoms with E-state index in [-0.39, 0.29) is 5.96 Å². The maximum absolute atomic E-state index is 7.12. The molecule has 0 unspecified atom stereocenters. The van der Waals surface area contributed by atoms with E-state index in [1.165, 1.54) is 31.2 Å². The summed E-state index contributed by atoms with van der Waals surface area (Å²) in [6, 6.07) is 8.31. The lowest BCUT2D eigenvalue weighted by Crippen LogP contribution is -2.29. The van der Waals surface area contributed by atoms with Gasteiger partial charge in [0.05, 0.1) is 12.7 Å². The van der Waals surface area contributed by atoms with E-state index < -0.39 is 0 Å².